The average molecular weight is 435 g/mol. The van der Waals surface area contributed by atoms with Crippen molar-refractivity contribution in [3.8, 4) is 22.5 Å². The highest BCUT2D eigenvalue weighted by molar-refractivity contribution is 5.78. The van der Waals surface area contributed by atoms with E-state index in [9.17, 15) is 18.3 Å². The van der Waals surface area contributed by atoms with Crippen LogP contribution >= 0.6 is 0 Å². The number of aromatic nitrogens is 7. The number of nitrogens with zero attached hydrogens (tertiary/aromatic N) is 7. The topological polar surface area (TPSA) is 106 Å². The van der Waals surface area contributed by atoms with Crippen molar-refractivity contribution in [3.63, 3.8) is 0 Å². The predicted octanol–water partition coefficient (Wildman–Crippen LogP) is 2.32. The molecule has 2 unspecified atom stereocenters. The average Bonchev–Trinajstić information content (AvgIpc) is 3.47. The lowest BCUT2D eigenvalue weighted by Crippen LogP contribution is -2.26. The molecule has 4 rings (SSSR count). The normalized spacial score (nSPS) is 14.3. The van der Waals surface area contributed by atoms with Gasteiger partial charge in [-0.3, -0.25) is 9.36 Å². The summed E-state index contributed by atoms with van der Waals surface area (Å²) in [5, 5.41) is 30.9. The van der Waals surface area contributed by atoms with E-state index in [0.29, 0.717) is 28.0 Å². The van der Waals surface area contributed by atoms with Crippen molar-refractivity contribution < 1.29 is 23.4 Å². The molecule has 0 aliphatic rings. The van der Waals surface area contributed by atoms with Crippen molar-refractivity contribution >= 4 is 5.52 Å². The Bertz CT molecular complexity index is 1180. The fourth-order valence-electron chi connectivity index (χ4n) is 3.35. The Hall–Kier alpha value is -3.25. The van der Waals surface area contributed by atoms with Crippen LogP contribution in [-0.4, -0.2) is 63.3 Å². The van der Waals surface area contributed by atoms with Gasteiger partial charge in [-0.2, -0.15) is 28.5 Å². The summed E-state index contributed by atoms with van der Waals surface area (Å²) in [7, 11) is 0. The molecule has 12 heteroatoms. The minimum Gasteiger partial charge on any atom is -0.394 e. The van der Waals surface area contributed by atoms with E-state index in [2.05, 4.69) is 20.3 Å². The maximum Gasteiger partial charge on any atom is 0.410 e. The smallest absolute Gasteiger partial charge is 0.394 e. The van der Waals surface area contributed by atoms with Crippen LogP contribution in [0.5, 0.6) is 0 Å². The molecule has 0 amide bonds. The molecule has 0 radical (unpaired) electrons. The molecular formula is C19H20F3N7O2. The fourth-order valence-corrected chi connectivity index (χ4v) is 3.35. The number of fused-ring (bicyclic) bond motifs is 1. The number of aliphatic hydroxyl groups excluding tert-OH is 2. The Balaban J connectivity index is 1.74. The van der Waals surface area contributed by atoms with Crippen LogP contribution in [0.1, 0.15) is 19.4 Å². The first kappa shape index (κ1) is 21.0. The van der Waals surface area contributed by atoms with Gasteiger partial charge in [-0.25, -0.2) is 9.50 Å². The maximum absolute atomic E-state index is 13.3. The molecule has 164 valence electrons. The summed E-state index contributed by atoms with van der Waals surface area (Å²) >= 11 is 0. The zero-order valence-corrected chi connectivity index (χ0v) is 16.5. The van der Waals surface area contributed by atoms with Crippen molar-refractivity contribution in [2.75, 3.05) is 6.61 Å². The van der Waals surface area contributed by atoms with Crippen LogP contribution in [0.4, 0.5) is 13.2 Å². The Labute approximate surface area is 174 Å². The molecule has 4 aromatic heterocycles. The molecule has 0 spiro atoms. The van der Waals surface area contributed by atoms with Crippen LogP contribution < -0.4 is 0 Å². The molecule has 2 N–H and O–H groups in total. The summed E-state index contributed by atoms with van der Waals surface area (Å²) in [6.45, 7) is 1.17. The van der Waals surface area contributed by atoms with Crippen molar-refractivity contribution in [2.24, 2.45) is 0 Å². The molecule has 0 fully saturated rings. The molecule has 0 aliphatic carbocycles. The molecular weight excluding hydrogens is 415 g/mol. The summed E-state index contributed by atoms with van der Waals surface area (Å²) in [4.78, 5) is 4.63. The molecule has 31 heavy (non-hydrogen) atoms. The molecule has 0 saturated heterocycles. The minimum absolute atomic E-state index is 0.107. The molecule has 0 bridgehead atoms. The third-order valence-corrected chi connectivity index (χ3v) is 4.89. The van der Waals surface area contributed by atoms with Crippen molar-refractivity contribution in [3.05, 3.63) is 43.2 Å². The zero-order chi connectivity index (χ0) is 22.2. The largest absolute Gasteiger partial charge is 0.410 e. The third kappa shape index (κ3) is 4.16. The fraction of sp³-hybridized carbons (Fsp3) is 0.368. The number of halogens is 3. The van der Waals surface area contributed by atoms with Crippen molar-refractivity contribution in [1.82, 2.24) is 34.2 Å². The lowest BCUT2D eigenvalue weighted by molar-refractivity contribution is -0.170. The molecule has 0 aromatic carbocycles. The molecule has 4 heterocycles. The first-order valence-corrected chi connectivity index (χ1v) is 9.57. The summed E-state index contributed by atoms with van der Waals surface area (Å²) in [6, 6.07) is -0.00696. The van der Waals surface area contributed by atoms with Gasteiger partial charge >= 0.3 is 6.18 Å². The second-order valence-corrected chi connectivity index (χ2v) is 7.10. The summed E-state index contributed by atoms with van der Waals surface area (Å²) in [5.41, 5.74) is 2.59. The molecule has 2 atom stereocenters. The van der Waals surface area contributed by atoms with E-state index >= 15 is 0 Å². The van der Waals surface area contributed by atoms with Gasteiger partial charge in [-0.15, -0.1) is 0 Å². The van der Waals surface area contributed by atoms with Gasteiger partial charge in [0.1, 0.15) is 6.04 Å². The van der Waals surface area contributed by atoms with Crippen LogP contribution in [0, 0.1) is 0 Å². The first-order chi connectivity index (χ1) is 14.8. The van der Waals surface area contributed by atoms with E-state index in [1.807, 2.05) is 0 Å². The number of rotatable bonds is 7. The van der Waals surface area contributed by atoms with Gasteiger partial charge in [0.2, 0.25) is 0 Å². The molecule has 9 nitrogen and oxygen atoms in total. The summed E-state index contributed by atoms with van der Waals surface area (Å²) in [5.74, 6) is 0. The van der Waals surface area contributed by atoms with Gasteiger partial charge in [-0.1, -0.05) is 6.92 Å². The van der Waals surface area contributed by atoms with Gasteiger partial charge < -0.3 is 10.2 Å². The van der Waals surface area contributed by atoms with Crippen molar-refractivity contribution in [1.29, 1.82) is 0 Å². The Morgan fingerprint density at radius 2 is 1.84 bits per heavy atom. The highest BCUT2D eigenvalue weighted by Gasteiger charge is 2.40. The lowest BCUT2D eigenvalue weighted by atomic mass is 10.2. The minimum atomic E-state index is -4.41. The van der Waals surface area contributed by atoms with Gasteiger partial charge in [0.05, 0.1) is 60.9 Å². The van der Waals surface area contributed by atoms with E-state index < -0.39 is 24.9 Å². The van der Waals surface area contributed by atoms with Gasteiger partial charge in [0.15, 0.2) is 0 Å². The van der Waals surface area contributed by atoms with Crippen LogP contribution in [0.2, 0.25) is 0 Å². The van der Waals surface area contributed by atoms with Crippen LogP contribution in [0.3, 0.4) is 0 Å². The SMILES string of the molecule is CCC(n1cc(-c2nc(-c3cnn(CC(O)CO)c3)cn3nccc23)cn1)C(F)(F)F. The Morgan fingerprint density at radius 1 is 1.06 bits per heavy atom. The standard InChI is InChI=1S/C19H20F3N7O2/c1-2-17(19(20,21)22)29-8-13(6-25-29)18-16-3-4-23-28(16)10-15(26-18)12-5-24-27(7-12)9-14(31)11-30/h3-8,10,14,17,30-31H,2,9,11H2,1H3. The van der Waals surface area contributed by atoms with Gasteiger partial charge in [0, 0.05) is 23.5 Å². The second-order valence-electron chi connectivity index (χ2n) is 7.10. The predicted molar refractivity (Wildman–Crippen MR) is 104 cm³/mol. The Kier molecular flexibility index (Phi) is 5.50. The number of alkyl halides is 3. The van der Waals surface area contributed by atoms with Crippen LogP contribution in [0.25, 0.3) is 28.0 Å². The number of hydrogen-bond donors (Lipinski definition) is 2. The monoisotopic (exact) mass is 435 g/mol. The molecule has 0 saturated carbocycles. The van der Waals surface area contributed by atoms with Crippen LogP contribution in [-0.2, 0) is 6.54 Å². The number of aliphatic hydroxyl groups is 2. The summed E-state index contributed by atoms with van der Waals surface area (Å²) < 4.78 is 43.8. The second kappa shape index (κ2) is 8.12. The highest BCUT2D eigenvalue weighted by Crippen LogP contribution is 2.34. The van der Waals surface area contributed by atoms with E-state index in [-0.39, 0.29) is 13.0 Å². The van der Waals surface area contributed by atoms with Gasteiger partial charge in [0.25, 0.3) is 0 Å². The molecule has 0 aliphatic heterocycles. The van der Waals surface area contributed by atoms with E-state index in [1.165, 1.54) is 24.0 Å². The van der Waals surface area contributed by atoms with Gasteiger partial charge in [-0.05, 0) is 12.5 Å². The van der Waals surface area contributed by atoms with E-state index in [0.717, 1.165) is 4.68 Å². The quantitative estimate of drug-likeness (QED) is 0.462. The molecule has 4 aromatic rings. The lowest BCUT2D eigenvalue weighted by Gasteiger charge is -2.18. The first-order valence-electron chi connectivity index (χ1n) is 9.57. The summed E-state index contributed by atoms with van der Waals surface area (Å²) in [6.07, 6.45) is 3.64. The van der Waals surface area contributed by atoms with E-state index in [4.69, 9.17) is 5.11 Å². The number of hydrogen-bond acceptors (Lipinski definition) is 6. The van der Waals surface area contributed by atoms with E-state index in [1.54, 1.807) is 35.4 Å². The third-order valence-electron chi connectivity index (χ3n) is 4.89. The Morgan fingerprint density at radius 3 is 2.55 bits per heavy atom. The maximum atomic E-state index is 13.3. The zero-order valence-electron chi connectivity index (χ0n) is 16.5. The van der Waals surface area contributed by atoms with Crippen molar-refractivity contribution in [2.45, 2.75) is 38.2 Å². The highest BCUT2D eigenvalue weighted by atomic mass is 19.4. The van der Waals surface area contributed by atoms with Crippen LogP contribution in [0.15, 0.2) is 43.2 Å².